The highest BCUT2D eigenvalue weighted by atomic mass is 16.5. The molecule has 2 heterocycles. The lowest BCUT2D eigenvalue weighted by molar-refractivity contribution is 0.194. The number of methoxy groups -OCH3 is 1. The number of rotatable bonds is 6. The van der Waals surface area contributed by atoms with Gasteiger partial charge in [-0.3, -0.25) is 0 Å². The van der Waals surface area contributed by atoms with Gasteiger partial charge in [0.15, 0.2) is 0 Å². The van der Waals surface area contributed by atoms with Gasteiger partial charge in [-0.25, -0.2) is 0 Å². The van der Waals surface area contributed by atoms with Gasteiger partial charge in [0.2, 0.25) is 0 Å². The molecule has 4 nitrogen and oxygen atoms in total. The van der Waals surface area contributed by atoms with E-state index in [0.717, 1.165) is 45.8 Å². The number of allylic oxidation sites excluding steroid dienone is 1. The third kappa shape index (κ3) is 2.82. The molecule has 4 heteroatoms. The lowest BCUT2D eigenvalue weighted by Gasteiger charge is -2.16. The van der Waals surface area contributed by atoms with Crippen LogP contribution in [0.3, 0.4) is 0 Å². The number of ether oxygens (including phenoxy) is 1. The molecule has 3 rings (SSSR count). The molecule has 1 aromatic heterocycles. The molecular formula is C16H25N3O. The predicted octanol–water partition coefficient (Wildman–Crippen LogP) is 1.55. The van der Waals surface area contributed by atoms with Crippen LogP contribution in [0.4, 0.5) is 0 Å². The maximum atomic E-state index is 5.08. The van der Waals surface area contributed by atoms with E-state index in [0.29, 0.717) is 0 Å². The monoisotopic (exact) mass is 275 g/mol. The third-order valence-electron chi connectivity index (χ3n) is 4.22. The second-order valence-electron chi connectivity index (χ2n) is 5.64. The molecule has 110 valence electrons. The Morgan fingerprint density at radius 2 is 2.40 bits per heavy atom. The number of aromatic nitrogens is 1. The van der Waals surface area contributed by atoms with Gasteiger partial charge in [0.25, 0.3) is 0 Å². The summed E-state index contributed by atoms with van der Waals surface area (Å²) in [5, 5.41) is 7.06. The molecule has 1 aliphatic heterocycles. The summed E-state index contributed by atoms with van der Waals surface area (Å²) in [6, 6.07) is 0. The Bertz CT molecular complexity index is 490. The van der Waals surface area contributed by atoms with Crippen LogP contribution in [0.25, 0.3) is 5.57 Å². The number of hydrogen-bond donors (Lipinski definition) is 2. The Morgan fingerprint density at radius 1 is 1.45 bits per heavy atom. The van der Waals surface area contributed by atoms with E-state index in [-0.39, 0.29) is 0 Å². The number of nitrogens with one attached hydrogen (secondary N) is 2. The first kappa shape index (κ1) is 13.9. The van der Waals surface area contributed by atoms with Gasteiger partial charge >= 0.3 is 0 Å². The van der Waals surface area contributed by atoms with Crippen LogP contribution in [0.2, 0.25) is 0 Å². The lowest BCUT2D eigenvalue weighted by atomic mass is 9.94. The van der Waals surface area contributed by atoms with E-state index in [1.165, 1.54) is 29.7 Å². The molecule has 0 amide bonds. The number of hydrogen-bond acceptors (Lipinski definition) is 3. The molecule has 0 radical (unpaired) electrons. The molecule has 0 saturated carbocycles. The van der Waals surface area contributed by atoms with Crippen molar-refractivity contribution in [3.8, 4) is 0 Å². The molecule has 2 aliphatic rings. The summed E-state index contributed by atoms with van der Waals surface area (Å²) in [5.74, 6) is 0. The van der Waals surface area contributed by atoms with Crippen molar-refractivity contribution in [2.75, 3.05) is 33.4 Å². The Kier molecular flexibility index (Phi) is 4.55. The smallest absolute Gasteiger partial charge is 0.0485 e. The van der Waals surface area contributed by atoms with Gasteiger partial charge in [-0.2, -0.15) is 0 Å². The molecule has 20 heavy (non-hydrogen) atoms. The van der Waals surface area contributed by atoms with Gasteiger partial charge in [-0.05, 0) is 42.5 Å². The highest BCUT2D eigenvalue weighted by Gasteiger charge is 2.22. The molecule has 0 bridgehead atoms. The van der Waals surface area contributed by atoms with E-state index in [2.05, 4.69) is 27.5 Å². The van der Waals surface area contributed by atoms with Crippen LogP contribution in [-0.2, 0) is 24.2 Å². The van der Waals surface area contributed by atoms with Crippen molar-refractivity contribution < 1.29 is 4.74 Å². The minimum Gasteiger partial charge on any atom is -0.385 e. The van der Waals surface area contributed by atoms with E-state index in [4.69, 9.17) is 4.74 Å². The highest BCUT2D eigenvalue weighted by molar-refractivity contribution is 5.71. The van der Waals surface area contributed by atoms with Crippen LogP contribution in [0.15, 0.2) is 12.3 Å². The summed E-state index contributed by atoms with van der Waals surface area (Å²) >= 11 is 0. The maximum Gasteiger partial charge on any atom is 0.0485 e. The molecule has 1 aliphatic carbocycles. The van der Waals surface area contributed by atoms with Crippen LogP contribution in [0.1, 0.15) is 29.7 Å². The summed E-state index contributed by atoms with van der Waals surface area (Å²) in [4.78, 5) is 0. The van der Waals surface area contributed by atoms with Crippen LogP contribution in [-0.4, -0.2) is 37.9 Å². The Hall–Kier alpha value is -1.10. The summed E-state index contributed by atoms with van der Waals surface area (Å²) in [7, 11) is 1.76. The van der Waals surface area contributed by atoms with Crippen molar-refractivity contribution in [3.05, 3.63) is 29.1 Å². The molecule has 0 aromatic carbocycles. The summed E-state index contributed by atoms with van der Waals surface area (Å²) in [6.07, 6.45) is 8.23. The Balaban J connectivity index is 1.71. The Morgan fingerprint density at radius 3 is 3.30 bits per heavy atom. The van der Waals surface area contributed by atoms with Crippen molar-refractivity contribution in [1.82, 2.24) is 15.2 Å². The zero-order valence-corrected chi connectivity index (χ0v) is 12.4. The molecule has 2 N–H and O–H groups in total. The largest absolute Gasteiger partial charge is 0.385 e. The van der Waals surface area contributed by atoms with Gasteiger partial charge in [0.1, 0.15) is 0 Å². The van der Waals surface area contributed by atoms with Gasteiger partial charge in [0.05, 0.1) is 0 Å². The predicted molar refractivity (Wildman–Crippen MR) is 81.8 cm³/mol. The quantitative estimate of drug-likeness (QED) is 0.774. The SMILES string of the molecule is COCCCNCc1cn2c3c1CCC=C3CNCC2. The normalized spacial score (nSPS) is 17.6. The molecule has 0 saturated heterocycles. The zero-order chi connectivity index (χ0) is 13.8. The second-order valence-corrected chi connectivity index (χ2v) is 5.64. The van der Waals surface area contributed by atoms with Crippen LogP contribution >= 0.6 is 0 Å². The van der Waals surface area contributed by atoms with Gasteiger partial charge in [-0.15, -0.1) is 0 Å². The van der Waals surface area contributed by atoms with Gasteiger partial charge in [0, 0.05) is 51.8 Å². The fourth-order valence-electron chi connectivity index (χ4n) is 3.27. The highest BCUT2D eigenvalue weighted by Crippen LogP contribution is 2.31. The van der Waals surface area contributed by atoms with Crippen molar-refractivity contribution in [1.29, 1.82) is 0 Å². The van der Waals surface area contributed by atoms with E-state index in [1.54, 1.807) is 12.7 Å². The van der Waals surface area contributed by atoms with Crippen LogP contribution < -0.4 is 10.6 Å². The summed E-state index contributed by atoms with van der Waals surface area (Å²) < 4.78 is 7.53. The molecule has 0 spiro atoms. The molecule has 0 unspecified atom stereocenters. The maximum absolute atomic E-state index is 5.08. The Labute approximate surface area is 121 Å². The van der Waals surface area contributed by atoms with E-state index in [9.17, 15) is 0 Å². The van der Waals surface area contributed by atoms with Crippen molar-refractivity contribution in [2.24, 2.45) is 0 Å². The second kappa shape index (κ2) is 6.57. The summed E-state index contributed by atoms with van der Waals surface area (Å²) in [6.45, 7) is 6.03. The first-order valence-corrected chi connectivity index (χ1v) is 7.71. The van der Waals surface area contributed by atoms with E-state index >= 15 is 0 Å². The van der Waals surface area contributed by atoms with E-state index in [1.807, 2.05) is 0 Å². The van der Waals surface area contributed by atoms with Crippen molar-refractivity contribution >= 4 is 5.57 Å². The average Bonchev–Trinajstić information content (AvgIpc) is 2.69. The van der Waals surface area contributed by atoms with Gasteiger partial charge < -0.3 is 19.9 Å². The average molecular weight is 275 g/mol. The number of nitrogens with zero attached hydrogens (tertiary/aromatic N) is 1. The minimum absolute atomic E-state index is 0.838. The van der Waals surface area contributed by atoms with Crippen molar-refractivity contribution in [2.45, 2.75) is 32.4 Å². The first-order chi connectivity index (χ1) is 9.90. The topological polar surface area (TPSA) is 38.2 Å². The van der Waals surface area contributed by atoms with Crippen LogP contribution in [0.5, 0.6) is 0 Å². The third-order valence-corrected chi connectivity index (χ3v) is 4.22. The molecule has 0 atom stereocenters. The fourth-order valence-corrected chi connectivity index (χ4v) is 3.27. The van der Waals surface area contributed by atoms with Crippen LogP contribution in [0, 0.1) is 0 Å². The first-order valence-electron chi connectivity index (χ1n) is 7.71. The van der Waals surface area contributed by atoms with Gasteiger partial charge in [-0.1, -0.05) is 6.08 Å². The minimum atomic E-state index is 0.838. The molecule has 0 fully saturated rings. The summed E-state index contributed by atoms with van der Waals surface area (Å²) in [5.41, 5.74) is 6.06. The molecule has 1 aromatic rings. The lowest BCUT2D eigenvalue weighted by Crippen LogP contribution is -2.19. The van der Waals surface area contributed by atoms with Crippen molar-refractivity contribution in [3.63, 3.8) is 0 Å². The molecular weight excluding hydrogens is 250 g/mol. The fraction of sp³-hybridized carbons (Fsp3) is 0.625. The van der Waals surface area contributed by atoms with E-state index < -0.39 is 0 Å². The standard InChI is InChI=1S/C16H25N3O/c1-20-9-3-6-17-11-14-12-19-8-7-18-10-13-4-2-5-15(14)16(13)19/h4,12,17-18H,2-3,5-11H2,1H3. The zero-order valence-electron chi connectivity index (χ0n) is 12.4.